The van der Waals surface area contributed by atoms with Gasteiger partial charge in [0.05, 0.1) is 11.3 Å². The average molecular weight is 289 g/mol. The normalized spacial score (nSPS) is 11.3. The van der Waals surface area contributed by atoms with Crippen molar-refractivity contribution < 1.29 is 14.4 Å². The van der Waals surface area contributed by atoms with Crippen LogP contribution in [0.5, 0.6) is 0 Å². The number of anilines is 1. The van der Waals surface area contributed by atoms with Gasteiger partial charge in [-0.3, -0.25) is 14.4 Å². The lowest BCUT2D eigenvalue weighted by atomic mass is 10.1. The van der Waals surface area contributed by atoms with E-state index in [1.54, 1.807) is 31.2 Å². The molecule has 0 bridgehead atoms. The number of nitrogens with one attached hydrogen (secondary N) is 2. The summed E-state index contributed by atoms with van der Waals surface area (Å²) in [5.41, 5.74) is 6.64. The summed E-state index contributed by atoms with van der Waals surface area (Å²) in [5.74, 6) is -1.41. The Morgan fingerprint density at radius 2 is 1.86 bits per heavy atom. The highest BCUT2D eigenvalue weighted by Gasteiger charge is 2.20. The number of nitrogens with two attached hydrogens (primary N) is 1. The highest BCUT2D eigenvalue weighted by molar-refractivity contribution is 6.04. The molecule has 1 atom stereocenters. The monoisotopic (exact) mass is 289 g/mol. The molecular weight excluding hydrogens is 270 g/mol. The van der Waals surface area contributed by atoms with E-state index in [2.05, 4.69) is 17.2 Å². The molecule has 1 aromatic rings. The molecule has 0 aromatic heterocycles. The fourth-order valence-corrected chi connectivity index (χ4v) is 1.79. The highest BCUT2D eigenvalue weighted by atomic mass is 16.2. The van der Waals surface area contributed by atoms with Crippen molar-refractivity contribution in [1.82, 2.24) is 5.32 Å². The fraction of sp³-hybridized carbons (Fsp3) is 0.267. The van der Waals surface area contributed by atoms with Gasteiger partial charge in [0.25, 0.3) is 5.91 Å². The van der Waals surface area contributed by atoms with Crippen molar-refractivity contribution in [2.45, 2.75) is 26.3 Å². The Bertz CT molecular complexity index is 581. The Hall–Kier alpha value is -2.63. The topological polar surface area (TPSA) is 101 Å². The molecule has 0 aliphatic heterocycles. The van der Waals surface area contributed by atoms with Crippen LogP contribution in [0.25, 0.3) is 0 Å². The summed E-state index contributed by atoms with van der Waals surface area (Å²) < 4.78 is 0. The van der Waals surface area contributed by atoms with Gasteiger partial charge in [-0.25, -0.2) is 0 Å². The first-order valence-electron chi connectivity index (χ1n) is 6.42. The van der Waals surface area contributed by atoms with Gasteiger partial charge in [-0.15, -0.1) is 6.58 Å². The molecule has 0 unspecified atom stereocenters. The molecule has 21 heavy (non-hydrogen) atoms. The largest absolute Gasteiger partial charge is 0.368 e. The minimum atomic E-state index is -0.833. The minimum Gasteiger partial charge on any atom is -0.368 e. The van der Waals surface area contributed by atoms with Crippen molar-refractivity contribution in [2.24, 2.45) is 5.73 Å². The maximum Gasteiger partial charge on any atom is 0.254 e. The first-order chi connectivity index (χ1) is 9.81. The standard InChI is InChI=1S/C15H19N3O3/c1-9(2)8-13(14(16)20)18-15(21)11-6-4-5-7-12(11)17-10(3)19/h4-7,13H,1,8H2,2-3H3,(H2,16,20)(H,17,19)(H,18,21)/t13-/m1/s1. The molecule has 6 heteroatoms. The second-order valence-corrected chi connectivity index (χ2v) is 4.82. The first-order valence-corrected chi connectivity index (χ1v) is 6.42. The van der Waals surface area contributed by atoms with Crippen molar-refractivity contribution in [3.63, 3.8) is 0 Å². The van der Waals surface area contributed by atoms with E-state index in [-0.39, 0.29) is 17.9 Å². The SMILES string of the molecule is C=C(C)C[C@@H](NC(=O)c1ccccc1NC(C)=O)C(N)=O. The summed E-state index contributed by atoms with van der Waals surface area (Å²) in [6, 6.07) is 5.69. The molecular formula is C15H19N3O3. The van der Waals surface area contributed by atoms with E-state index in [4.69, 9.17) is 5.73 Å². The molecule has 0 saturated heterocycles. The van der Waals surface area contributed by atoms with E-state index in [0.29, 0.717) is 5.69 Å². The molecule has 0 radical (unpaired) electrons. The summed E-state index contributed by atoms with van der Waals surface area (Å²) in [6.45, 7) is 6.79. The number of para-hydroxylation sites is 1. The van der Waals surface area contributed by atoms with Gasteiger partial charge in [-0.1, -0.05) is 17.7 Å². The third kappa shape index (κ3) is 5.10. The van der Waals surface area contributed by atoms with Crippen LogP contribution in [0.3, 0.4) is 0 Å². The second kappa shape index (κ2) is 7.23. The van der Waals surface area contributed by atoms with Crippen molar-refractivity contribution >= 4 is 23.4 Å². The van der Waals surface area contributed by atoms with Gasteiger partial charge < -0.3 is 16.4 Å². The van der Waals surface area contributed by atoms with Gasteiger partial charge >= 0.3 is 0 Å². The minimum absolute atomic E-state index is 0.265. The molecule has 0 heterocycles. The fourth-order valence-electron chi connectivity index (χ4n) is 1.79. The third-order valence-electron chi connectivity index (χ3n) is 2.68. The Morgan fingerprint density at radius 1 is 1.24 bits per heavy atom. The Labute approximate surface area is 123 Å². The predicted molar refractivity (Wildman–Crippen MR) is 80.6 cm³/mol. The molecule has 112 valence electrons. The summed E-state index contributed by atoms with van der Waals surface area (Å²) in [6.07, 6.45) is 0.267. The predicted octanol–water partition coefficient (Wildman–Crippen LogP) is 1.19. The quantitative estimate of drug-likeness (QED) is 0.686. The average Bonchev–Trinajstić information content (AvgIpc) is 2.37. The second-order valence-electron chi connectivity index (χ2n) is 4.82. The van der Waals surface area contributed by atoms with Crippen LogP contribution in [0.2, 0.25) is 0 Å². The molecule has 6 nitrogen and oxygen atoms in total. The van der Waals surface area contributed by atoms with Crippen LogP contribution in [-0.4, -0.2) is 23.8 Å². The molecule has 3 amide bonds. The lowest BCUT2D eigenvalue weighted by molar-refractivity contribution is -0.119. The molecule has 0 spiro atoms. The van der Waals surface area contributed by atoms with Gasteiger partial charge in [0.15, 0.2) is 0 Å². The van der Waals surface area contributed by atoms with Crippen LogP contribution in [0.15, 0.2) is 36.4 Å². The van der Waals surface area contributed by atoms with E-state index in [0.717, 1.165) is 5.57 Å². The Kier molecular flexibility index (Phi) is 5.66. The van der Waals surface area contributed by atoms with Crippen LogP contribution >= 0.6 is 0 Å². The zero-order chi connectivity index (χ0) is 16.0. The molecule has 4 N–H and O–H groups in total. The van der Waals surface area contributed by atoms with E-state index >= 15 is 0 Å². The van der Waals surface area contributed by atoms with Crippen LogP contribution in [-0.2, 0) is 9.59 Å². The Balaban J connectivity index is 2.94. The number of rotatable bonds is 6. The van der Waals surface area contributed by atoms with Crippen LogP contribution in [0.1, 0.15) is 30.6 Å². The zero-order valence-electron chi connectivity index (χ0n) is 12.1. The molecule has 1 aromatic carbocycles. The number of carbonyl (C=O) groups excluding carboxylic acids is 3. The lowest BCUT2D eigenvalue weighted by Gasteiger charge is -2.17. The number of benzene rings is 1. The molecule has 1 rings (SSSR count). The number of carbonyl (C=O) groups is 3. The van der Waals surface area contributed by atoms with Gasteiger partial charge in [0.2, 0.25) is 11.8 Å². The van der Waals surface area contributed by atoms with Gasteiger partial charge in [-0.2, -0.15) is 0 Å². The van der Waals surface area contributed by atoms with Crippen molar-refractivity contribution in [2.75, 3.05) is 5.32 Å². The smallest absolute Gasteiger partial charge is 0.254 e. The maximum atomic E-state index is 12.2. The van der Waals surface area contributed by atoms with E-state index in [1.807, 2.05) is 0 Å². The van der Waals surface area contributed by atoms with Crippen LogP contribution in [0, 0.1) is 0 Å². The summed E-state index contributed by atoms with van der Waals surface area (Å²) in [7, 11) is 0. The molecule has 0 aliphatic carbocycles. The van der Waals surface area contributed by atoms with Crippen LogP contribution < -0.4 is 16.4 Å². The summed E-state index contributed by atoms with van der Waals surface area (Å²) in [5, 5.41) is 5.12. The van der Waals surface area contributed by atoms with Gasteiger partial charge in [0, 0.05) is 6.92 Å². The van der Waals surface area contributed by atoms with E-state index < -0.39 is 17.9 Å². The Morgan fingerprint density at radius 3 is 2.38 bits per heavy atom. The maximum absolute atomic E-state index is 12.2. The number of hydrogen-bond acceptors (Lipinski definition) is 3. The van der Waals surface area contributed by atoms with Crippen LogP contribution in [0.4, 0.5) is 5.69 Å². The van der Waals surface area contributed by atoms with Gasteiger partial charge in [0.1, 0.15) is 6.04 Å². The first kappa shape index (κ1) is 16.4. The number of hydrogen-bond donors (Lipinski definition) is 3. The number of primary amides is 1. The van der Waals surface area contributed by atoms with Crippen molar-refractivity contribution in [1.29, 1.82) is 0 Å². The summed E-state index contributed by atoms with van der Waals surface area (Å²) >= 11 is 0. The lowest BCUT2D eigenvalue weighted by Crippen LogP contribution is -2.44. The van der Waals surface area contributed by atoms with E-state index in [9.17, 15) is 14.4 Å². The van der Waals surface area contributed by atoms with Gasteiger partial charge in [-0.05, 0) is 25.5 Å². The summed E-state index contributed by atoms with van der Waals surface area (Å²) in [4.78, 5) is 34.7. The molecule has 0 aliphatic rings. The van der Waals surface area contributed by atoms with Crippen molar-refractivity contribution in [3.8, 4) is 0 Å². The van der Waals surface area contributed by atoms with E-state index in [1.165, 1.54) is 6.92 Å². The highest BCUT2D eigenvalue weighted by Crippen LogP contribution is 2.15. The number of amides is 3. The van der Waals surface area contributed by atoms with Crippen molar-refractivity contribution in [3.05, 3.63) is 42.0 Å². The molecule has 0 saturated carbocycles. The molecule has 0 fully saturated rings. The third-order valence-corrected chi connectivity index (χ3v) is 2.68. The zero-order valence-corrected chi connectivity index (χ0v) is 12.1.